The highest BCUT2D eigenvalue weighted by Gasteiger charge is 2.19. The lowest BCUT2D eigenvalue weighted by atomic mass is 10.0. The van der Waals surface area contributed by atoms with Crippen LogP contribution in [0.3, 0.4) is 0 Å². The van der Waals surface area contributed by atoms with Crippen LogP contribution in [-0.2, 0) is 28.6 Å². The van der Waals surface area contributed by atoms with Gasteiger partial charge in [-0.05, 0) is 25.2 Å². The number of esters is 3. The summed E-state index contributed by atoms with van der Waals surface area (Å²) in [7, 11) is 0. The fourth-order valence-electron chi connectivity index (χ4n) is 7.16. The molecular weight excluding hydrogens is 673 g/mol. The van der Waals surface area contributed by atoms with Crippen LogP contribution in [0.1, 0.15) is 265 Å². The minimum Gasteiger partial charge on any atom is -0.462 e. The smallest absolute Gasteiger partial charge is 0.306 e. The minimum atomic E-state index is -0.757. The molecule has 0 aliphatic carbocycles. The van der Waals surface area contributed by atoms with Crippen molar-refractivity contribution in [2.24, 2.45) is 5.92 Å². The maximum atomic E-state index is 12.6. The van der Waals surface area contributed by atoms with Crippen molar-refractivity contribution in [2.75, 3.05) is 13.2 Å². The van der Waals surface area contributed by atoms with E-state index in [0.717, 1.165) is 63.7 Å². The Hall–Kier alpha value is -1.59. The number of carbonyl (C=O) groups excluding carboxylic acids is 3. The van der Waals surface area contributed by atoms with Gasteiger partial charge in [0.1, 0.15) is 13.2 Å². The maximum Gasteiger partial charge on any atom is 0.306 e. The second-order valence-electron chi connectivity index (χ2n) is 16.9. The van der Waals surface area contributed by atoms with Crippen molar-refractivity contribution in [3.8, 4) is 0 Å². The monoisotopic (exact) mass is 765 g/mol. The molecule has 0 radical (unpaired) electrons. The van der Waals surface area contributed by atoms with Crippen molar-refractivity contribution in [1.82, 2.24) is 0 Å². The average Bonchev–Trinajstić information content (AvgIpc) is 3.15. The van der Waals surface area contributed by atoms with Gasteiger partial charge < -0.3 is 14.2 Å². The number of rotatable bonds is 43. The largest absolute Gasteiger partial charge is 0.462 e. The van der Waals surface area contributed by atoms with Gasteiger partial charge in [-0.2, -0.15) is 0 Å². The number of ether oxygens (including phenoxy) is 3. The molecule has 0 saturated heterocycles. The van der Waals surface area contributed by atoms with Crippen molar-refractivity contribution in [2.45, 2.75) is 271 Å². The summed E-state index contributed by atoms with van der Waals surface area (Å²) in [6.45, 7) is 8.97. The van der Waals surface area contributed by atoms with E-state index in [4.69, 9.17) is 14.2 Å². The van der Waals surface area contributed by atoms with Gasteiger partial charge in [-0.1, -0.05) is 227 Å². The molecule has 0 aromatic heterocycles. The summed E-state index contributed by atoms with van der Waals surface area (Å²) >= 11 is 0. The summed E-state index contributed by atoms with van der Waals surface area (Å²) < 4.78 is 16.7. The Morgan fingerprint density at radius 3 is 0.907 bits per heavy atom. The maximum absolute atomic E-state index is 12.6. The second kappa shape index (κ2) is 42.6. The highest BCUT2D eigenvalue weighted by Crippen LogP contribution is 2.16. The van der Waals surface area contributed by atoms with E-state index in [2.05, 4.69) is 27.7 Å². The number of hydrogen-bond acceptors (Lipinski definition) is 6. The molecular formula is C48H92O6. The minimum absolute atomic E-state index is 0.0639. The average molecular weight is 765 g/mol. The van der Waals surface area contributed by atoms with Crippen molar-refractivity contribution < 1.29 is 28.6 Å². The van der Waals surface area contributed by atoms with Gasteiger partial charge in [0, 0.05) is 19.3 Å². The van der Waals surface area contributed by atoms with Gasteiger partial charge in [-0.25, -0.2) is 0 Å². The van der Waals surface area contributed by atoms with E-state index in [-0.39, 0.29) is 31.1 Å². The Labute approximate surface area is 336 Å². The van der Waals surface area contributed by atoms with Gasteiger partial charge in [0.05, 0.1) is 0 Å². The Kier molecular flexibility index (Phi) is 41.3. The fraction of sp³-hybridized carbons (Fsp3) is 0.938. The molecule has 0 spiro atoms. The molecule has 0 aliphatic heterocycles. The zero-order valence-electron chi connectivity index (χ0n) is 36.7. The van der Waals surface area contributed by atoms with E-state index in [1.54, 1.807) is 0 Å². The third-order valence-corrected chi connectivity index (χ3v) is 10.8. The quantitative estimate of drug-likeness (QED) is 0.0349. The van der Waals surface area contributed by atoms with E-state index in [0.29, 0.717) is 19.3 Å². The van der Waals surface area contributed by atoms with Gasteiger partial charge in [0.2, 0.25) is 0 Å². The van der Waals surface area contributed by atoms with Crippen LogP contribution in [0.5, 0.6) is 0 Å². The number of carbonyl (C=O) groups is 3. The summed E-state index contributed by atoms with van der Waals surface area (Å²) in [5.74, 6) is -0.00615. The van der Waals surface area contributed by atoms with Crippen LogP contribution in [0.4, 0.5) is 0 Å². The zero-order chi connectivity index (χ0) is 39.6. The lowest BCUT2D eigenvalue weighted by Gasteiger charge is -2.18. The predicted molar refractivity (Wildman–Crippen MR) is 229 cm³/mol. The van der Waals surface area contributed by atoms with Crippen LogP contribution < -0.4 is 0 Å². The lowest BCUT2D eigenvalue weighted by molar-refractivity contribution is -0.167. The Bertz CT molecular complexity index is 811. The predicted octanol–water partition coefficient (Wildman–Crippen LogP) is 15.1. The third-order valence-electron chi connectivity index (χ3n) is 10.8. The molecule has 0 bridgehead atoms. The molecule has 0 heterocycles. The van der Waals surface area contributed by atoms with Gasteiger partial charge >= 0.3 is 17.9 Å². The van der Waals surface area contributed by atoms with Gasteiger partial charge in [0.15, 0.2) is 6.10 Å². The molecule has 0 N–H and O–H groups in total. The first-order valence-electron chi connectivity index (χ1n) is 23.9. The van der Waals surface area contributed by atoms with Gasteiger partial charge in [-0.3, -0.25) is 14.4 Å². The van der Waals surface area contributed by atoms with E-state index in [9.17, 15) is 14.4 Å². The van der Waals surface area contributed by atoms with Crippen molar-refractivity contribution in [3.63, 3.8) is 0 Å². The molecule has 0 aromatic carbocycles. The van der Waals surface area contributed by atoms with Crippen LogP contribution in [0, 0.1) is 5.92 Å². The summed E-state index contributed by atoms with van der Waals surface area (Å²) in [4.78, 5) is 37.6. The first-order chi connectivity index (χ1) is 26.4. The molecule has 0 amide bonds. The number of unbranched alkanes of at least 4 members (excludes halogenated alkanes) is 30. The summed E-state index contributed by atoms with van der Waals surface area (Å²) in [6.07, 6.45) is 42.5. The molecule has 0 rings (SSSR count). The Morgan fingerprint density at radius 2 is 0.611 bits per heavy atom. The molecule has 1 atom stereocenters. The highest BCUT2D eigenvalue weighted by molar-refractivity contribution is 5.71. The van der Waals surface area contributed by atoms with Crippen LogP contribution in [0.2, 0.25) is 0 Å². The number of hydrogen-bond donors (Lipinski definition) is 0. The molecule has 0 unspecified atom stereocenters. The highest BCUT2D eigenvalue weighted by atomic mass is 16.6. The summed E-state index contributed by atoms with van der Waals surface area (Å²) in [5.41, 5.74) is 0. The van der Waals surface area contributed by atoms with Gasteiger partial charge in [-0.15, -0.1) is 0 Å². The molecule has 6 nitrogen and oxygen atoms in total. The summed E-state index contributed by atoms with van der Waals surface area (Å²) in [6, 6.07) is 0. The first-order valence-corrected chi connectivity index (χ1v) is 23.9. The fourth-order valence-corrected chi connectivity index (χ4v) is 7.16. The van der Waals surface area contributed by atoms with E-state index >= 15 is 0 Å². The standard InChI is InChI=1S/C48H92O6/c1-5-7-9-11-13-14-24-28-31-35-39-46(49)52-42-45(54-48(51)41-37-33-26-12-10-8-6-2)43-53-47(50)40-36-32-29-25-22-20-18-16-15-17-19-21-23-27-30-34-38-44(3)4/h44-45H,5-43H2,1-4H3/t45-/m0/s1. The summed E-state index contributed by atoms with van der Waals surface area (Å²) in [5, 5.41) is 0. The van der Waals surface area contributed by atoms with E-state index in [1.165, 1.54) is 161 Å². The van der Waals surface area contributed by atoms with Crippen LogP contribution in [0.15, 0.2) is 0 Å². The van der Waals surface area contributed by atoms with Crippen molar-refractivity contribution >= 4 is 17.9 Å². The van der Waals surface area contributed by atoms with E-state index < -0.39 is 6.10 Å². The Morgan fingerprint density at radius 1 is 0.352 bits per heavy atom. The van der Waals surface area contributed by atoms with Crippen molar-refractivity contribution in [3.05, 3.63) is 0 Å². The van der Waals surface area contributed by atoms with Crippen molar-refractivity contribution in [1.29, 1.82) is 0 Å². The molecule has 6 heteroatoms. The van der Waals surface area contributed by atoms with E-state index in [1.807, 2.05) is 0 Å². The molecule has 0 saturated carbocycles. The lowest BCUT2D eigenvalue weighted by Crippen LogP contribution is -2.30. The molecule has 0 aliphatic rings. The van der Waals surface area contributed by atoms with Crippen LogP contribution >= 0.6 is 0 Å². The first kappa shape index (κ1) is 52.4. The normalized spacial score (nSPS) is 11.9. The molecule has 320 valence electrons. The zero-order valence-corrected chi connectivity index (χ0v) is 36.7. The molecule has 0 aromatic rings. The molecule has 0 fully saturated rings. The van der Waals surface area contributed by atoms with Crippen LogP contribution in [-0.4, -0.2) is 37.2 Å². The second-order valence-corrected chi connectivity index (χ2v) is 16.9. The third kappa shape index (κ3) is 41.6. The van der Waals surface area contributed by atoms with Gasteiger partial charge in [0.25, 0.3) is 0 Å². The van der Waals surface area contributed by atoms with Crippen LogP contribution in [0.25, 0.3) is 0 Å². The Balaban J connectivity index is 4.13. The molecule has 54 heavy (non-hydrogen) atoms. The topological polar surface area (TPSA) is 78.9 Å². The SMILES string of the molecule is CCCCCCCCCCCCC(=O)OC[C@@H](COC(=O)CCCCCCCCCCCCCCCCCCC(C)C)OC(=O)CCCCCCCCC.